The Morgan fingerprint density at radius 1 is 1.19 bits per heavy atom. The minimum absolute atomic E-state index is 0.447. The molecule has 2 atom stereocenters. The topological polar surface area (TPSA) is 41.6 Å². The standard InChI is InChI=1S/C19H16BrF3N2O2/c20-11-7-8-16-14(10-11)25-9-3-5-13(24-18(26)19(21,22)23)17(25)12-4-1-2-6-15(12)27-16/h1-2,4,6-8,10,13,17H,3,5,9H2,(H,24,26)/t13-,17+/m1/s1. The molecule has 142 valence electrons. The number of rotatable bonds is 1. The number of carbonyl (C=O) groups excluding carboxylic acids is 1. The molecule has 8 heteroatoms. The van der Waals surface area contributed by atoms with E-state index < -0.39 is 24.2 Å². The first-order valence-corrected chi connectivity index (χ1v) is 9.34. The molecule has 2 heterocycles. The van der Waals surface area contributed by atoms with E-state index >= 15 is 0 Å². The molecule has 1 saturated heterocycles. The minimum Gasteiger partial charge on any atom is -0.455 e. The van der Waals surface area contributed by atoms with Crippen LogP contribution in [0.5, 0.6) is 11.5 Å². The molecule has 0 aliphatic carbocycles. The highest BCUT2D eigenvalue weighted by Crippen LogP contribution is 2.48. The molecular formula is C19H16BrF3N2O2. The van der Waals surface area contributed by atoms with Crippen molar-refractivity contribution in [3.63, 3.8) is 0 Å². The first kappa shape index (κ1) is 18.2. The van der Waals surface area contributed by atoms with E-state index in [0.29, 0.717) is 30.9 Å². The number of para-hydroxylation sites is 1. The summed E-state index contributed by atoms with van der Waals surface area (Å²) < 4.78 is 45.4. The van der Waals surface area contributed by atoms with Crippen molar-refractivity contribution in [2.75, 3.05) is 11.4 Å². The van der Waals surface area contributed by atoms with Crippen molar-refractivity contribution in [2.24, 2.45) is 0 Å². The third-order valence-corrected chi connectivity index (χ3v) is 5.39. The molecule has 27 heavy (non-hydrogen) atoms. The highest BCUT2D eigenvalue weighted by Gasteiger charge is 2.44. The number of benzene rings is 2. The minimum atomic E-state index is -4.91. The maximum atomic E-state index is 12.8. The van der Waals surface area contributed by atoms with Gasteiger partial charge < -0.3 is 15.0 Å². The maximum Gasteiger partial charge on any atom is 0.471 e. The summed E-state index contributed by atoms with van der Waals surface area (Å²) in [5.74, 6) is -0.691. The Morgan fingerprint density at radius 2 is 1.96 bits per heavy atom. The number of hydrogen-bond acceptors (Lipinski definition) is 3. The molecule has 4 rings (SSSR count). The van der Waals surface area contributed by atoms with E-state index in [1.54, 1.807) is 6.07 Å². The maximum absolute atomic E-state index is 12.8. The lowest BCUT2D eigenvalue weighted by atomic mass is 9.89. The molecule has 2 aliphatic heterocycles. The zero-order valence-corrected chi connectivity index (χ0v) is 15.7. The lowest BCUT2D eigenvalue weighted by Crippen LogP contribution is -2.52. The van der Waals surface area contributed by atoms with Gasteiger partial charge in [-0.2, -0.15) is 13.2 Å². The Kier molecular flexibility index (Phi) is 4.53. The van der Waals surface area contributed by atoms with Crippen molar-refractivity contribution in [3.05, 3.63) is 52.5 Å². The van der Waals surface area contributed by atoms with Gasteiger partial charge in [0.05, 0.1) is 17.8 Å². The van der Waals surface area contributed by atoms with E-state index in [4.69, 9.17) is 4.74 Å². The van der Waals surface area contributed by atoms with Gasteiger partial charge in [-0.15, -0.1) is 0 Å². The fourth-order valence-electron chi connectivity index (χ4n) is 3.79. The van der Waals surface area contributed by atoms with E-state index in [9.17, 15) is 18.0 Å². The number of halogens is 4. The number of piperidine rings is 1. The molecule has 0 unspecified atom stereocenters. The summed E-state index contributed by atoms with van der Waals surface area (Å²) in [4.78, 5) is 13.6. The summed E-state index contributed by atoms with van der Waals surface area (Å²) in [6, 6.07) is 11.7. The molecule has 0 spiro atoms. The summed E-state index contributed by atoms with van der Waals surface area (Å²) >= 11 is 3.45. The van der Waals surface area contributed by atoms with Crippen LogP contribution in [0.25, 0.3) is 0 Å². The predicted molar refractivity (Wildman–Crippen MR) is 98.0 cm³/mol. The van der Waals surface area contributed by atoms with Crippen molar-refractivity contribution >= 4 is 27.5 Å². The third-order valence-electron chi connectivity index (χ3n) is 4.89. The van der Waals surface area contributed by atoms with E-state index in [-0.39, 0.29) is 0 Å². The fraction of sp³-hybridized carbons (Fsp3) is 0.316. The summed E-state index contributed by atoms with van der Waals surface area (Å²) in [6.45, 7) is 0.657. The SMILES string of the molecule is O=C(N[C@@H]1CCCN2c3cc(Br)ccc3Oc3ccccc3[C@@H]12)C(F)(F)F. The highest BCUT2D eigenvalue weighted by molar-refractivity contribution is 9.10. The lowest BCUT2D eigenvalue weighted by Gasteiger charge is -2.42. The number of alkyl halides is 3. The Labute approximate surface area is 162 Å². The van der Waals surface area contributed by atoms with Crippen LogP contribution < -0.4 is 15.0 Å². The Balaban J connectivity index is 1.81. The monoisotopic (exact) mass is 440 g/mol. The van der Waals surface area contributed by atoms with Crippen LogP contribution in [-0.2, 0) is 4.79 Å². The van der Waals surface area contributed by atoms with Gasteiger partial charge >= 0.3 is 12.1 Å². The molecule has 1 amide bonds. The molecule has 1 N–H and O–H groups in total. The van der Waals surface area contributed by atoms with Crippen LogP contribution in [0.3, 0.4) is 0 Å². The van der Waals surface area contributed by atoms with Gasteiger partial charge in [0.25, 0.3) is 0 Å². The number of hydrogen-bond donors (Lipinski definition) is 1. The van der Waals surface area contributed by atoms with Gasteiger partial charge in [-0.25, -0.2) is 0 Å². The lowest BCUT2D eigenvalue weighted by molar-refractivity contribution is -0.174. The smallest absolute Gasteiger partial charge is 0.455 e. The van der Waals surface area contributed by atoms with Crippen LogP contribution in [0.15, 0.2) is 46.9 Å². The van der Waals surface area contributed by atoms with E-state index in [2.05, 4.69) is 21.2 Å². The van der Waals surface area contributed by atoms with Crippen LogP contribution in [-0.4, -0.2) is 24.7 Å². The zero-order chi connectivity index (χ0) is 19.2. The van der Waals surface area contributed by atoms with Gasteiger partial charge in [-0.05, 0) is 37.1 Å². The predicted octanol–water partition coefficient (Wildman–Crippen LogP) is 4.94. The Morgan fingerprint density at radius 3 is 2.74 bits per heavy atom. The number of anilines is 1. The zero-order valence-electron chi connectivity index (χ0n) is 14.1. The van der Waals surface area contributed by atoms with Gasteiger partial charge in [0.15, 0.2) is 5.75 Å². The molecule has 0 aromatic heterocycles. The van der Waals surface area contributed by atoms with Crippen molar-refractivity contribution in [2.45, 2.75) is 31.1 Å². The number of nitrogens with one attached hydrogen (secondary N) is 1. The molecule has 2 aliphatic rings. The first-order chi connectivity index (χ1) is 12.8. The second kappa shape index (κ2) is 6.74. The largest absolute Gasteiger partial charge is 0.471 e. The Bertz CT molecular complexity index is 887. The van der Waals surface area contributed by atoms with Gasteiger partial charge in [-0.3, -0.25) is 4.79 Å². The van der Waals surface area contributed by atoms with Crippen LogP contribution in [0.4, 0.5) is 18.9 Å². The van der Waals surface area contributed by atoms with Crippen LogP contribution in [0, 0.1) is 0 Å². The van der Waals surface area contributed by atoms with E-state index in [0.717, 1.165) is 15.7 Å². The third kappa shape index (κ3) is 3.38. The number of ether oxygens (including phenoxy) is 1. The summed E-state index contributed by atoms with van der Waals surface area (Å²) in [7, 11) is 0. The second-order valence-electron chi connectivity index (χ2n) is 6.61. The van der Waals surface area contributed by atoms with Crippen LogP contribution >= 0.6 is 15.9 Å². The molecule has 0 bridgehead atoms. The average molecular weight is 441 g/mol. The second-order valence-corrected chi connectivity index (χ2v) is 7.53. The molecule has 0 radical (unpaired) electrons. The number of fused-ring (bicyclic) bond motifs is 5. The van der Waals surface area contributed by atoms with Gasteiger partial charge in [0.2, 0.25) is 0 Å². The number of amides is 1. The van der Waals surface area contributed by atoms with Crippen molar-refractivity contribution in [3.8, 4) is 11.5 Å². The molecule has 2 aromatic carbocycles. The summed E-state index contributed by atoms with van der Waals surface area (Å²) in [5.41, 5.74) is 1.55. The average Bonchev–Trinajstić information content (AvgIpc) is 2.76. The molecule has 0 saturated carbocycles. The van der Waals surface area contributed by atoms with Gasteiger partial charge in [-0.1, -0.05) is 34.1 Å². The molecule has 2 aromatic rings. The van der Waals surface area contributed by atoms with Crippen LogP contribution in [0.2, 0.25) is 0 Å². The summed E-state index contributed by atoms with van der Waals surface area (Å²) in [5, 5.41) is 2.20. The molecule has 4 nitrogen and oxygen atoms in total. The molecule has 1 fully saturated rings. The van der Waals surface area contributed by atoms with Crippen molar-refractivity contribution in [1.82, 2.24) is 5.32 Å². The van der Waals surface area contributed by atoms with Gasteiger partial charge in [0, 0.05) is 16.6 Å². The quantitative estimate of drug-likeness (QED) is 0.682. The molecular weight excluding hydrogens is 425 g/mol. The van der Waals surface area contributed by atoms with E-state index in [1.807, 2.05) is 41.3 Å². The number of carbonyl (C=O) groups is 1. The van der Waals surface area contributed by atoms with Crippen LogP contribution in [0.1, 0.15) is 24.4 Å². The number of nitrogens with zero attached hydrogens (tertiary/aromatic N) is 1. The van der Waals surface area contributed by atoms with E-state index in [1.165, 1.54) is 0 Å². The fourth-order valence-corrected chi connectivity index (χ4v) is 4.14. The van der Waals surface area contributed by atoms with Gasteiger partial charge in [0.1, 0.15) is 5.75 Å². The summed E-state index contributed by atoms with van der Waals surface area (Å²) in [6.07, 6.45) is -3.79. The first-order valence-electron chi connectivity index (χ1n) is 8.55. The van der Waals surface area contributed by atoms with Crippen molar-refractivity contribution in [1.29, 1.82) is 0 Å². The normalized spacial score (nSPS) is 21.3. The van der Waals surface area contributed by atoms with Crippen molar-refractivity contribution < 1.29 is 22.7 Å². The Hall–Kier alpha value is -2.22. The highest BCUT2D eigenvalue weighted by atomic mass is 79.9.